The van der Waals surface area contributed by atoms with E-state index >= 15 is 0 Å². The topological polar surface area (TPSA) is 47.6 Å². The zero-order valence-electron chi connectivity index (χ0n) is 5.83. The van der Waals surface area contributed by atoms with Crippen molar-refractivity contribution in [2.24, 2.45) is 0 Å². The van der Waals surface area contributed by atoms with Crippen molar-refractivity contribution in [1.29, 1.82) is 10.5 Å². The highest BCUT2D eigenvalue weighted by Gasteiger charge is 2.10. The predicted octanol–water partition coefficient (Wildman–Crippen LogP) is 2.12. The summed E-state index contributed by atoms with van der Waals surface area (Å²) >= 11 is 2.98. The Balaban J connectivity index is 2.85. The minimum Gasteiger partial charge on any atom is -0.192 e. The molecule has 4 heteroatoms. The van der Waals surface area contributed by atoms with Gasteiger partial charge in [-0.2, -0.15) is 10.5 Å². The Morgan fingerprint density at radius 3 is 1.82 bits per heavy atom. The maximum atomic E-state index is 8.62. The third kappa shape index (κ3) is 2.18. The first-order valence-electron chi connectivity index (χ1n) is 3.18. The lowest BCUT2D eigenvalue weighted by molar-refractivity contribution is 1.13. The summed E-state index contributed by atoms with van der Waals surface area (Å²) in [5, 5.41) is 17.2. The molecule has 0 aromatic rings. The summed E-state index contributed by atoms with van der Waals surface area (Å²) in [6.07, 6.45) is 1.08. The lowest BCUT2D eigenvalue weighted by atomic mass is 10.5. The average molecular weight is 182 g/mol. The Morgan fingerprint density at radius 2 is 1.45 bits per heavy atom. The van der Waals surface area contributed by atoms with Gasteiger partial charge in [-0.1, -0.05) is 0 Å². The maximum absolute atomic E-state index is 8.62. The highest BCUT2D eigenvalue weighted by Crippen LogP contribution is 2.31. The lowest BCUT2D eigenvalue weighted by Gasteiger charge is -1.92. The van der Waals surface area contributed by atoms with Gasteiger partial charge in [-0.05, 0) is 17.9 Å². The number of allylic oxidation sites excluding steroid dienone is 2. The second-order valence-electron chi connectivity index (χ2n) is 1.93. The number of rotatable bonds is 0. The van der Waals surface area contributed by atoms with Gasteiger partial charge in [0.05, 0.1) is 0 Å². The van der Waals surface area contributed by atoms with Crippen molar-refractivity contribution < 1.29 is 0 Å². The van der Waals surface area contributed by atoms with Crippen LogP contribution in [0.2, 0.25) is 0 Å². The van der Waals surface area contributed by atoms with Gasteiger partial charge in [0.25, 0.3) is 0 Å². The smallest absolute Gasteiger partial charge is 0.109 e. The summed E-state index contributed by atoms with van der Waals surface area (Å²) in [5.41, 5.74) is 0. The largest absolute Gasteiger partial charge is 0.192 e. The molecule has 0 radical (unpaired) electrons. The molecule has 11 heavy (non-hydrogen) atoms. The molecule has 0 fully saturated rings. The Bertz CT molecular complexity index is 231. The van der Waals surface area contributed by atoms with E-state index in [9.17, 15) is 0 Å². The van der Waals surface area contributed by atoms with Gasteiger partial charge in [-0.25, -0.2) is 0 Å². The molecular formula is C7H6N2S2. The molecule has 0 amide bonds. The van der Waals surface area contributed by atoms with Crippen LogP contribution in [0.1, 0.15) is 6.42 Å². The predicted molar refractivity (Wildman–Crippen MR) is 47.8 cm³/mol. The lowest BCUT2D eigenvalue weighted by Crippen LogP contribution is -1.77. The molecule has 0 saturated carbocycles. The number of nitriles is 2. The first-order chi connectivity index (χ1) is 5.38. The van der Waals surface area contributed by atoms with E-state index < -0.39 is 0 Å². The summed E-state index contributed by atoms with van der Waals surface area (Å²) in [6.45, 7) is 0. The maximum Gasteiger partial charge on any atom is 0.109 e. The molecule has 1 rings (SSSR count). The molecule has 0 bridgehead atoms. The zero-order chi connectivity index (χ0) is 8.10. The van der Waals surface area contributed by atoms with Crippen molar-refractivity contribution in [1.82, 2.24) is 0 Å². The van der Waals surface area contributed by atoms with Gasteiger partial charge in [-0.3, -0.25) is 0 Å². The summed E-state index contributed by atoms with van der Waals surface area (Å²) < 4.78 is 0. The van der Waals surface area contributed by atoms with Crippen LogP contribution in [-0.2, 0) is 0 Å². The van der Waals surface area contributed by atoms with Crippen molar-refractivity contribution in [2.75, 3.05) is 11.5 Å². The Labute approximate surface area is 74.3 Å². The van der Waals surface area contributed by atoms with Crippen molar-refractivity contribution in [3.05, 3.63) is 9.81 Å². The molecule has 1 aliphatic rings. The van der Waals surface area contributed by atoms with E-state index in [1.165, 1.54) is 23.5 Å². The molecule has 1 aliphatic heterocycles. The average Bonchev–Trinajstić information content (AvgIpc) is 2.27. The van der Waals surface area contributed by atoms with Gasteiger partial charge >= 0.3 is 0 Å². The normalized spacial score (nSPS) is 18.4. The first kappa shape index (κ1) is 8.52. The van der Waals surface area contributed by atoms with E-state index in [0.717, 1.165) is 17.9 Å². The first-order valence-corrected chi connectivity index (χ1v) is 5.15. The summed E-state index contributed by atoms with van der Waals surface area (Å²) in [4.78, 5) is 1.19. The molecule has 0 N–H and O–H groups in total. The van der Waals surface area contributed by atoms with Gasteiger partial charge in [0.2, 0.25) is 0 Å². The zero-order valence-corrected chi connectivity index (χ0v) is 7.47. The van der Waals surface area contributed by atoms with E-state index in [4.69, 9.17) is 10.5 Å². The van der Waals surface area contributed by atoms with Crippen LogP contribution in [0.15, 0.2) is 9.81 Å². The van der Waals surface area contributed by atoms with Crippen LogP contribution in [0.4, 0.5) is 0 Å². The van der Waals surface area contributed by atoms with Crippen molar-refractivity contribution in [3.8, 4) is 12.1 Å². The van der Waals surface area contributed by atoms with Crippen molar-refractivity contribution in [2.45, 2.75) is 6.42 Å². The van der Waals surface area contributed by atoms with Crippen LogP contribution in [0.5, 0.6) is 0 Å². The van der Waals surface area contributed by atoms with Gasteiger partial charge in [0.1, 0.15) is 21.9 Å². The molecule has 2 nitrogen and oxygen atoms in total. The van der Waals surface area contributed by atoms with E-state index in [1.807, 2.05) is 12.1 Å². The second kappa shape index (κ2) is 4.33. The van der Waals surface area contributed by atoms with E-state index in [0.29, 0.717) is 9.81 Å². The minimum absolute atomic E-state index is 0.593. The van der Waals surface area contributed by atoms with E-state index in [2.05, 4.69) is 0 Å². The van der Waals surface area contributed by atoms with Crippen LogP contribution in [0.3, 0.4) is 0 Å². The van der Waals surface area contributed by atoms with Crippen LogP contribution >= 0.6 is 23.5 Å². The van der Waals surface area contributed by atoms with Gasteiger partial charge in [0, 0.05) is 0 Å². The van der Waals surface area contributed by atoms with E-state index in [1.54, 1.807) is 0 Å². The van der Waals surface area contributed by atoms with Crippen LogP contribution in [0.25, 0.3) is 0 Å². The van der Waals surface area contributed by atoms with Crippen LogP contribution in [-0.4, -0.2) is 11.5 Å². The molecule has 0 unspecified atom stereocenters. The number of hydrogen-bond donors (Lipinski definition) is 0. The van der Waals surface area contributed by atoms with Gasteiger partial charge < -0.3 is 0 Å². The molecule has 0 atom stereocenters. The van der Waals surface area contributed by atoms with Crippen LogP contribution < -0.4 is 0 Å². The molecule has 0 aromatic heterocycles. The summed E-state index contributed by atoms with van der Waals surface area (Å²) in [5.74, 6) is 1.92. The number of hydrogen-bond acceptors (Lipinski definition) is 4. The fourth-order valence-electron chi connectivity index (χ4n) is 0.705. The third-order valence-corrected chi connectivity index (χ3v) is 3.47. The Morgan fingerprint density at radius 1 is 1.00 bits per heavy atom. The number of nitrogens with zero attached hydrogens (tertiary/aromatic N) is 2. The SMILES string of the molecule is N#CC1=C(C#N)SCCCS1. The molecular weight excluding hydrogens is 176 g/mol. The van der Waals surface area contributed by atoms with Crippen molar-refractivity contribution in [3.63, 3.8) is 0 Å². The Kier molecular flexibility index (Phi) is 3.35. The Hall–Kier alpha value is -0.580. The fraction of sp³-hybridized carbons (Fsp3) is 0.429. The standard InChI is InChI=1S/C7H6N2S2/c8-4-6-7(5-9)11-3-1-2-10-6/h1-3H2. The fourth-order valence-corrected chi connectivity index (χ4v) is 2.71. The number of thioether (sulfide) groups is 2. The quantitative estimate of drug-likeness (QED) is 0.575. The molecule has 0 saturated heterocycles. The van der Waals surface area contributed by atoms with Crippen molar-refractivity contribution >= 4 is 23.5 Å². The minimum atomic E-state index is 0.593. The summed E-state index contributed by atoms with van der Waals surface area (Å²) in [6, 6.07) is 4.09. The van der Waals surface area contributed by atoms with Gasteiger partial charge in [0.15, 0.2) is 0 Å². The van der Waals surface area contributed by atoms with E-state index in [-0.39, 0.29) is 0 Å². The molecule has 0 aliphatic carbocycles. The highest BCUT2D eigenvalue weighted by molar-refractivity contribution is 8.07. The molecule has 0 aromatic carbocycles. The summed E-state index contributed by atoms with van der Waals surface area (Å²) in [7, 11) is 0. The molecule has 0 spiro atoms. The third-order valence-electron chi connectivity index (χ3n) is 1.19. The highest BCUT2D eigenvalue weighted by atomic mass is 32.2. The second-order valence-corrected chi connectivity index (χ2v) is 4.14. The van der Waals surface area contributed by atoms with Crippen LogP contribution in [0, 0.1) is 22.7 Å². The molecule has 56 valence electrons. The monoisotopic (exact) mass is 182 g/mol. The molecule has 1 heterocycles. The van der Waals surface area contributed by atoms with Gasteiger partial charge in [-0.15, -0.1) is 23.5 Å².